The summed E-state index contributed by atoms with van der Waals surface area (Å²) >= 11 is 6.01. The van der Waals surface area contributed by atoms with Gasteiger partial charge in [0.25, 0.3) is 5.91 Å². The fraction of sp³-hybridized carbons (Fsp3) is 0.632. The Hall–Kier alpha value is -1.10. The molecule has 2 saturated carbocycles. The van der Waals surface area contributed by atoms with Crippen LogP contribution in [0.3, 0.4) is 0 Å². The highest BCUT2D eigenvalue weighted by Crippen LogP contribution is 2.51. The van der Waals surface area contributed by atoms with Gasteiger partial charge in [-0.25, -0.2) is 4.42 Å². The van der Waals surface area contributed by atoms with Gasteiger partial charge in [-0.3, -0.25) is 4.79 Å². The number of nitrogens with one attached hydrogen (secondary N) is 1. The molecule has 1 aromatic rings. The maximum absolute atomic E-state index is 13.0. The summed E-state index contributed by atoms with van der Waals surface area (Å²) in [5.74, 6) is 1.52. The maximum atomic E-state index is 13.0. The van der Waals surface area contributed by atoms with Gasteiger partial charge in [0.1, 0.15) is 0 Å². The van der Waals surface area contributed by atoms with Crippen LogP contribution in [0.15, 0.2) is 30.3 Å². The van der Waals surface area contributed by atoms with Crippen LogP contribution in [0, 0.1) is 23.7 Å². The van der Waals surface area contributed by atoms with E-state index >= 15 is 0 Å². The largest absolute Gasteiger partial charge is 0.375 e. The van der Waals surface area contributed by atoms with Crippen LogP contribution in [0.25, 0.3) is 0 Å². The van der Waals surface area contributed by atoms with Gasteiger partial charge < -0.3 is 10.4 Å². The molecule has 4 nitrogen and oxygen atoms in total. The number of nitrogens with zero attached hydrogens (tertiary/aromatic N) is 1. The van der Waals surface area contributed by atoms with Crippen LogP contribution in [0.5, 0.6) is 0 Å². The van der Waals surface area contributed by atoms with Gasteiger partial charge in [-0.05, 0) is 47.9 Å². The first-order valence-electron chi connectivity index (χ1n) is 9.07. The Morgan fingerprint density at radius 3 is 2.46 bits per heavy atom. The van der Waals surface area contributed by atoms with E-state index in [-0.39, 0.29) is 11.8 Å². The molecule has 4 atom stereocenters. The normalized spacial score (nSPS) is 32.3. The van der Waals surface area contributed by atoms with E-state index < -0.39 is 5.60 Å². The van der Waals surface area contributed by atoms with E-state index in [4.69, 9.17) is 11.8 Å². The summed E-state index contributed by atoms with van der Waals surface area (Å²) in [4.78, 5) is 13.0. The standard InChI is InChI=1S/C19H25ClN2O2/c20-22-11-16-15(17(16)12-22)10-21-18(23)19(24,14-8-4-5-9-14)13-6-2-1-3-7-13/h1-3,6-7,14-17,24H,4-5,8-12H2,(H,21,23)/t15?,16-,17?,19?/m1/s1. The number of hydrogen-bond acceptors (Lipinski definition) is 3. The molecule has 1 amide bonds. The number of aliphatic hydroxyl groups is 1. The third-order valence-corrected chi connectivity index (χ3v) is 6.61. The topological polar surface area (TPSA) is 52.6 Å². The summed E-state index contributed by atoms with van der Waals surface area (Å²) in [5.41, 5.74) is -0.683. The van der Waals surface area contributed by atoms with Crippen molar-refractivity contribution in [3.05, 3.63) is 35.9 Å². The molecule has 24 heavy (non-hydrogen) atoms. The first kappa shape index (κ1) is 16.4. The molecule has 1 saturated heterocycles. The van der Waals surface area contributed by atoms with Gasteiger partial charge in [0.15, 0.2) is 5.60 Å². The number of carbonyl (C=O) groups excluding carboxylic acids is 1. The summed E-state index contributed by atoms with van der Waals surface area (Å²) in [6.45, 7) is 2.48. The first-order valence-corrected chi connectivity index (χ1v) is 9.41. The highest BCUT2D eigenvalue weighted by atomic mass is 35.5. The van der Waals surface area contributed by atoms with Crippen molar-refractivity contribution in [2.24, 2.45) is 23.7 Å². The van der Waals surface area contributed by atoms with Crippen molar-refractivity contribution in [1.82, 2.24) is 9.74 Å². The Kier molecular flexibility index (Phi) is 4.31. The van der Waals surface area contributed by atoms with E-state index in [2.05, 4.69) is 5.32 Å². The zero-order valence-electron chi connectivity index (χ0n) is 13.8. The van der Waals surface area contributed by atoms with E-state index in [1.807, 2.05) is 34.8 Å². The molecule has 3 aliphatic rings. The molecule has 4 rings (SSSR count). The zero-order valence-corrected chi connectivity index (χ0v) is 14.6. The van der Waals surface area contributed by atoms with Crippen LogP contribution in [0.2, 0.25) is 0 Å². The molecule has 3 unspecified atom stereocenters. The number of carbonyl (C=O) groups is 1. The molecule has 2 aliphatic carbocycles. The number of fused-ring (bicyclic) bond motifs is 1. The number of amides is 1. The number of hydrogen-bond donors (Lipinski definition) is 2. The molecule has 2 N–H and O–H groups in total. The van der Waals surface area contributed by atoms with Gasteiger partial charge in [-0.15, -0.1) is 0 Å². The zero-order chi connectivity index (χ0) is 16.7. The molecule has 0 spiro atoms. The minimum atomic E-state index is -1.40. The molecule has 1 aromatic carbocycles. The quantitative estimate of drug-likeness (QED) is 0.804. The average molecular weight is 349 g/mol. The lowest BCUT2D eigenvalue weighted by Gasteiger charge is -2.33. The lowest BCUT2D eigenvalue weighted by Crippen LogP contribution is -2.49. The van der Waals surface area contributed by atoms with Crippen LogP contribution in [0.4, 0.5) is 0 Å². The Bertz CT molecular complexity index is 593. The van der Waals surface area contributed by atoms with Gasteiger partial charge in [0.05, 0.1) is 0 Å². The molecular formula is C19H25ClN2O2. The Morgan fingerprint density at radius 1 is 1.21 bits per heavy atom. The van der Waals surface area contributed by atoms with E-state index in [9.17, 15) is 9.90 Å². The number of halogens is 1. The lowest BCUT2D eigenvalue weighted by atomic mass is 9.79. The van der Waals surface area contributed by atoms with Crippen LogP contribution in [-0.4, -0.2) is 35.1 Å². The fourth-order valence-electron chi connectivity index (χ4n) is 4.83. The predicted molar refractivity (Wildman–Crippen MR) is 93.2 cm³/mol. The van der Waals surface area contributed by atoms with E-state index in [0.717, 1.165) is 44.3 Å². The summed E-state index contributed by atoms with van der Waals surface area (Å²) in [6, 6.07) is 9.44. The predicted octanol–water partition coefficient (Wildman–Crippen LogP) is 2.51. The van der Waals surface area contributed by atoms with E-state index in [1.54, 1.807) is 0 Å². The van der Waals surface area contributed by atoms with Crippen molar-refractivity contribution in [2.75, 3.05) is 19.6 Å². The Morgan fingerprint density at radius 2 is 1.83 bits per heavy atom. The molecule has 1 heterocycles. The van der Waals surface area contributed by atoms with Gasteiger partial charge >= 0.3 is 0 Å². The molecule has 5 heteroatoms. The highest BCUT2D eigenvalue weighted by Gasteiger charge is 2.55. The summed E-state index contributed by atoms with van der Waals surface area (Å²) in [7, 11) is 0. The van der Waals surface area contributed by atoms with Gasteiger partial charge in [-0.1, -0.05) is 43.2 Å². The minimum absolute atomic E-state index is 0.0111. The van der Waals surface area contributed by atoms with Gasteiger partial charge in [0, 0.05) is 25.6 Å². The second-order valence-corrected chi connectivity index (χ2v) is 8.12. The van der Waals surface area contributed by atoms with Gasteiger partial charge in [0.2, 0.25) is 0 Å². The summed E-state index contributed by atoms with van der Waals surface area (Å²) in [6.07, 6.45) is 4.00. The molecule has 1 aliphatic heterocycles. The molecule has 0 aromatic heterocycles. The van der Waals surface area contributed by atoms with Crippen LogP contribution < -0.4 is 5.32 Å². The van der Waals surface area contributed by atoms with E-state index in [0.29, 0.717) is 24.3 Å². The monoisotopic (exact) mass is 348 g/mol. The number of rotatable bonds is 5. The third kappa shape index (κ3) is 2.75. The smallest absolute Gasteiger partial charge is 0.256 e. The summed E-state index contributed by atoms with van der Waals surface area (Å²) in [5, 5.41) is 14.4. The molecule has 3 fully saturated rings. The first-order chi connectivity index (χ1) is 11.6. The second-order valence-electron chi connectivity index (χ2n) is 7.64. The minimum Gasteiger partial charge on any atom is -0.375 e. The van der Waals surface area contributed by atoms with Crippen molar-refractivity contribution < 1.29 is 9.90 Å². The Balaban J connectivity index is 1.46. The highest BCUT2D eigenvalue weighted by molar-refractivity contribution is 6.13. The molecular weight excluding hydrogens is 324 g/mol. The molecule has 0 radical (unpaired) electrons. The van der Waals surface area contributed by atoms with Crippen molar-refractivity contribution in [2.45, 2.75) is 31.3 Å². The van der Waals surface area contributed by atoms with E-state index in [1.165, 1.54) is 0 Å². The van der Waals surface area contributed by atoms with Gasteiger partial charge in [-0.2, -0.15) is 0 Å². The SMILES string of the molecule is O=C(NCC1C2CN(Cl)C[C@H]12)C(O)(c1ccccc1)C1CCCC1. The Labute approximate surface area is 148 Å². The van der Waals surface area contributed by atoms with Crippen molar-refractivity contribution >= 4 is 17.7 Å². The fourth-order valence-corrected chi connectivity index (χ4v) is 5.15. The molecule has 0 bridgehead atoms. The maximum Gasteiger partial charge on any atom is 0.256 e. The van der Waals surface area contributed by atoms with Crippen LogP contribution >= 0.6 is 11.8 Å². The average Bonchev–Trinajstić information content (AvgIpc) is 3.03. The number of piperidine rings is 1. The second kappa shape index (κ2) is 6.32. The molecule has 130 valence electrons. The van der Waals surface area contributed by atoms with Crippen molar-refractivity contribution in [1.29, 1.82) is 0 Å². The van der Waals surface area contributed by atoms with Crippen molar-refractivity contribution in [3.63, 3.8) is 0 Å². The van der Waals surface area contributed by atoms with Crippen LogP contribution in [0.1, 0.15) is 31.2 Å². The van der Waals surface area contributed by atoms with Crippen molar-refractivity contribution in [3.8, 4) is 0 Å². The third-order valence-electron chi connectivity index (χ3n) is 6.33. The van der Waals surface area contributed by atoms with Crippen LogP contribution in [-0.2, 0) is 10.4 Å². The number of benzene rings is 1. The summed E-state index contributed by atoms with van der Waals surface area (Å²) < 4.78 is 1.84. The lowest BCUT2D eigenvalue weighted by molar-refractivity contribution is -0.147.